The fourth-order valence-electron chi connectivity index (χ4n) is 2.03. The van der Waals surface area contributed by atoms with Crippen LogP contribution in [0.4, 0.5) is 0 Å². The van der Waals surface area contributed by atoms with Crippen LogP contribution in [0.1, 0.15) is 18.9 Å². The second kappa shape index (κ2) is 8.09. The summed E-state index contributed by atoms with van der Waals surface area (Å²) in [6.07, 6.45) is 5.79. The summed E-state index contributed by atoms with van der Waals surface area (Å²) in [5, 5.41) is 10.8. The Balaban J connectivity index is 1.81. The number of nitrogens with zero attached hydrogens (tertiary/aromatic N) is 3. The predicted octanol–water partition coefficient (Wildman–Crippen LogP) is 1.99. The molecule has 0 spiro atoms. The molecule has 0 amide bonds. The van der Waals surface area contributed by atoms with Crippen molar-refractivity contribution in [2.45, 2.75) is 19.8 Å². The summed E-state index contributed by atoms with van der Waals surface area (Å²) in [6, 6.07) is 10.4. The highest BCUT2D eigenvalue weighted by Gasteiger charge is 1.99. The van der Waals surface area contributed by atoms with Crippen LogP contribution >= 0.6 is 0 Å². The van der Waals surface area contributed by atoms with Crippen molar-refractivity contribution in [1.29, 1.82) is 0 Å². The molecule has 1 aromatic heterocycles. The van der Waals surface area contributed by atoms with Gasteiger partial charge >= 0.3 is 0 Å². The third-order valence-electron chi connectivity index (χ3n) is 3.18. The summed E-state index contributed by atoms with van der Waals surface area (Å²) in [7, 11) is 1.80. The Morgan fingerprint density at radius 1 is 1.19 bits per heavy atom. The van der Waals surface area contributed by atoms with Crippen LogP contribution in [-0.4, -0.2) is 35.9 Å². The minimum atomic E-state index is 0.866. The summed E-state index contributed by atoms with van der Waals surface area (Å²) >= 11 is 0. The Bertz CT molecular complexity index is 543. The van der Waals surface area contributed by atoms with Crippen LogP contribution in [0.25, 0.3) is 5.69 Å². The smallest absolute Gasteiger partial charge is 0.190 e. The molecule has 0 radical (unpaired) electrons. The van der Waals surface area contributed by atoms with Crippen molar-refractivity contribution in [1.82, 2.24) is 20.4 Å². The molecule has 21 heavy (non-hydrogen) atoms. The first-order chi connectivity index (χ1) is 10.3. The van der Waals surface area contributed by atoms with Gasteiger partial charge in [-0.05, 0) is 36.6 Å². The fraction of sp³-hybridized carbons (Fsp3) is 0.375. The van der Waals surface area contributed by atoms with E-state index < -0.39 is 0 Å². The molecule has 2 aromatic rings. The maximum absolute atomic E-state index is 4.22. The molecule has 0 bridgehead atoms. The number of hydrogen-bond acceptors (Lipinski definition) is 2. The van der Waals surface area contributed by atoms with E-state index in [9.17, 15) is 0 Å². The minimum Gasteiger partial charge on any atom is -0.356 e. The number of aliphatic imine (C=N–C) groups is 1. The summed E-state index contributed by atoms with van der Waals surface area (Å²) < 4.78 is 1.86. The number of hydrogen-bond donors (Lipinski definition) is 2. The van der Waals surface area contributed by atoms with Crippen molar-refractivity contribution in [2.24, 2.45) is 4.99 Å². The topological polar surface area (TPSA) is 54.2 Å². The fourth-order valence-corrected chi connectivity index (χ4v) is 2.03. The monoisotopic (exact) mass is 285 g/mol. The van der Waals surface area contributed by atoms with Gasteiger partial charge in [-0.1, -0.05) is 19.1 Å². The molecule has 0 aliphatic carbocycles. The van der Waals surface area contributed by atoms with Crippen LogP contribution in [0.2, 0.25) is 0 Å². The van der Waals surface area contributed by atoms with Gasteiger partial charge in [0.25, 0.3) is 0 Å². The van der Waals surface area contributed by atoms with E-state index in [1.165, 1.54) is 5.56 Å². The highest BCUT2D eigenvalue weighted by atomic mass is 15.3. The van der Waals surface area contributed by atoms with E-state index in [2.05, 4.69) is 51.9 Å². The van der Waals surface area contributed by atoms with Gasteiger partial charge in [0.15, 0.2) is 5.96 Å². The first-order valence-electron chi connectivity index (χ1n) is 7.37. The number of nitrogens with one attached hydrogen (secondary N) is 2. The van der Waals surface area contributed by atoms with Crippen molar-refractivity contribution in [3.8, 4) is 5.69 Å². The molecule has 0 saturated carbocycles. The molecule has 1 aromatic carbocycles. The Labute approximate surface area is 126 Å². The molecule has 5 nitrogen and oxygen atoms in total. The molecular formula is C16H23N5. The number of rotatable bonds is 6. The van der Waals surface area contributed by atoms with Gasteiger partial charge < -0.3 is 10.6 Å². The van der Waals surface area contributed by atoms with Crippen LogP contribution in [0.15, 0.2) is 47.7 Å². The molecule has 0 aliphatic heterocycles. The first kappa shape index (κ1) is 15.1. The molecule has 1 heterocycles. The molecule has 0 aliphatic rings. The summed E-state index contributed by atoms with van der Waals surface area (Å²) in [5.74, 6) is 0.866. The average molecular weight is 285 g/mol. The van der Waals surface area contributed by atoms with E-state index in [-0.39, 0.29) is 0 Å². The van der Waals surface area contributed by atoms with E-state index in [1.54, 1.807) is 13.2 Å². The molecule has 112 valence electrons. The molecule has 2 rings (SSSR count). The maximum atomic E-state index is 4.22. The quantitative estimate of drug-likeness (QED) is 0.630. The van der Waals surface area contributed by atoms with E-state index in [4.69, 9.17) is 0 Å². The Hall–Kier alpha value is -2.30. The second-order valence-electron chi connectivity index (χ2n) is 4.79. The average Bonchev–Trinajstić information content (AvgIpc) is 3.05. The van der Waals surface area contributed by atoms with Gasteiger partial charge in [-0.25, -0.2) is 4.68 Å². The minimum absolute atomic E-state index is 0.866. The lowest BCUT2D eigenvalue weighted by atomic mass is 10.1. The van der Waals surface area contributed by atoms with Gasteiger partial charge in [-0.2, -0.15) is 5.10 Å². The molecule has 0 fully saturated rings. The van der Waals surface area contributed by atoms with Crippen molar-refractivity contribution in [3.63, 3.8) is 0 Å². The lowest BCUT2D eigenvalue weighted by Gasteiger charge is -2.11. The molecule has 5 heteroatoms. The second-order valence-corrected chi connectivity index (χ2v) is 4.79. The summed E-state index contributed by atoms with van der Waals surface area (Å²) in [5.41, 5.74) is 2.38. The molecule has 2 N–H and O–H groups in total. The Kier molecular flexibility index (Phi) is 5.82. The zero-order chi connectivity index (χ0) is 14.9. The summed E-state index contributed by atoms with van der Waals surface area (Å²) in [6.45, 7) is 3.95. The lowest BCUT2D eigenvalue weighted by molar-refractivity contribution is 0.773. The zero-order valence-electron chi connectivity index (χ0n) is 12.7. The van der Waals surface area contributed by atoms with Crippen molar-refractivity contribution in [3.05, 3.63) is 48.3 Å². The number of benzene rings is 1. The standard InChI is InChI=1S/C16H23N5/c1-3-10-18-16(17-2)19-12-9-14-5-7-15(8-6-14)21-13-4-11-20-21/h4-8,11,13H,3,9-10,12H2,1-2H3,(H2,17,18,19). The third-order valence-corrected chi connectivity index (χ3v) is 3.18. The van der Waals surface area contributed by atoms with Crippen LogP contribution in [-0.2, 0) is 6.42 Å². The summed E-state index contributed by atoms with van der Waals surface area (Å²) in [4.78, 5) is 4.19. The van der Waals surface area contributed by atoms with Gasteiger partial charge in [0, 0.05) is 32.5 Å². The van der Waals surface area contributed by atoms with Crippen LogP contribution in [0, 0.1) is 0 Å². The molecule has 0 unspecified atom stereocenters. The van der Waals surface area contributed by atoms with E-state index >= 15 is 0 Å². The zero-order valence-corrected chi connectivity index (χ0v) is 12.7. The normalized spacial score (nSPS) is 11.4. The van der Waals surface area contributed by atoms with Gasteiger partial charge in [-0.15, -0.1) is 0 Å². The van der Waals surface area contributed by atoms with Gasteiger partial charge in [-0.3, -0.25) is 4.99 Å². The highest BCUT2D eigenvalue weighted by Crippen LogP contribution is 2.08. The molecular weight excluding hydrogens is 262 g/mol. The van der Waals surface area contributed by atoms with E-state index in [0.29, 0.717) is 0 Å². The lowest BCUT2D eigenvalue weighted by Crippen LogP contribution is -2.38. The van der Waals surface area contributed by atoms with Crippen LogP contribution < -0.4 is 10.6 Å². The van der Waals surface area contributed by atoms with Crippen LogP contribution in [0.3, 0.4) is 0 Å². The van der Waals surface area contributed by atoms with Gasteiger partial charge in [0.05, 0.1) is 5.69 Å². The van der Waals surface area contributed by atoms with Gasteiger partial charge in [0.2, 0.25) is 0 Å². The van der Waals surface area contributed by atoms with E-state index in [1.807, 2.05) is 16.9 Å². The Morgan fingerprint density at radius 3 is 2.57 bits per heavy atom. The maximum Gasteiger partial charge on any atom is 0.190 e. The van der Waals surface area contributed by atoms with E-state index in [0.717, 1.165) is 37.6 Å². The first-order valence-corrected chi connectivity index (χ1v) is 7.37. The predicted molar refractivity (Wildman–Crippen MR) is 86.9 cm³/mol. The molecule has 0 atom stereocenters. The largest absolute Gasteiger partial charge is 0.356 e. The highest BCUT2D eigenvalue weighted by molar-refractivity contribution is 5.79. The SMILES string of the molecule is CCCNC(=NC)NCCc1ccc(-n2cccn2)cc1. The van der Waals surface area contributed by atoms with Crippen molar-refractivity contribution >= 4 is 5.96 Å². The number of aromatic nitrogens is 2. The van der Waals surface area contributed by atoms with Crippen LogP contribution in [0.5, 0.6) is 0 Å². The van der Waals surface area contributed by atoms with Gasteiger partial charge in [0.1, 0.15) is 0 Å². The molecule has 0 saturated heterocycles. The van der Waals surface area contributed by atoms with Crippen molar-refractivity contribution in [2.75, 3.05) is 20.1 Å². The third kappa shape index (κ3) is 4.63. The Morgan fingerprint density at radius 2 is 1.95 bits per heavy atom. The number of guanidine groups is 1. The van der Waals surface area contributed by atoms with Crippen molar-refractivity contribution < 1.29 is 0 Å².